The van der Waals surface area contributed by atoms with Crippen molar-refractivity contribution in [3.05, 3.63) is 53.0 Å². The van der Waals surface area contributed by atoms with Gasteiger partial charge in [-0.3, -0.25) is 4.57 Å². The highest BCUT2D eigenvalue weighted by Crippen LogP contribution is 2.37. The smallest absolute Gasteiger partial charge is 0.222 e. The Hall–Kier alpha value is -2.50. The van der Waals surface area contributed by atoms with E-state index in [0.717, 1.165) is 0 Å². The van der Waals surface area contributed by atoms with Crippen LogP contribution in [0.4, 0.5) is 0 Å². The second-order valence-electron chi connectivity index (χ2n) is 6.14. The van der Waals surface area contributed by atoms with Crippen LogP contribution in [0.15, 0.2) is 42.1 Å². The lowest BCUT2D eigenvalue weighted by Crippen LogP contribution is -2.34. The zero-order chi connectivity index (χ0) is 19.1. The lowest BCUT2D eigenvalue weighted by Gasteiger charge is -2.21. The summed E-state index contributed by atoms with van der Waals surface area (Å²) in [6.07, 6.45) is -3.30. The molecule has 1 aromatic carbocycles. The number of aliphatic hydroxyl groups is 3. The number of H-pyrrole nitrogens is 1. The van der Waals surface area contributed by atoms with Gasteiger partial charge in [0, 0.05) is 5.02 Å². The fraction of sp³-hybridized carbons (Fsp3) is 0.312. The first-order chi connectivity index (χ1) is 13.0. The second-order valence-corrected chi connectivity index (χ2v) is 6.58. The molecule has 142 valence electrons. The van der Waals surface area contributed by atoms with Crippen LogP contribution in [-0.4, -0.2) is 58.4 Å². The van der Waals surface area contributed by atoms with Crippen LogP contribution in [0, 0.1) is 0 Å². The second kappa shape index (κ2) is 6.91. The van der Waals surface area contributed by atoms with Gasteiger partial charge in [0.2, 0.25) is 5.49 Å². The molecule has 0 spiro atoms. The Morgan fingerprint density at radius 3 is 2.63 bits per heavy atom. The highest BCUT2D eigenvalue weighted by atomic mass is 35.5. The molecule has 10 nitrogen and oxygen atoms in total. The number of nitrogens with zero attached hydrogens (tertiary/aromatic N) is 4. The summed E-state index contributed by atoms with van der Waals surface area (Å²) in [5, 5.41) is 44.0. The number of nitrogens with one attached hydrogen (secondary N) is 1. The normalized spacial score (nSPS) is 27.3. The van der Waals surface area contributed by atoms with Gasteiger partial charge >= 0.3 is 0 Å². The van der Waals surface area contributed by atoms with Gasteiger partial charge < -0.3 is 30.2 Å². The van der Waals surface area contributed by atoms with Gasteiger partial charge in [-0.25, -0.2) is 9.97 Å². The van der Waals surface area contributed by atoms with Crippen LogP contribution in [0.3, 0.4) is 0 Å². The molecule has 1 aliphatic heterocycles. The topological polar surface area (TPSA) is 149 Å². The van der Waals surface area contributed by atoms with Crippen molar-refractivity contribution in [2.45, 2.75) is 30.6 Å². The van der Waals surface area contributed by atoms with Gasteiger partial charge in [-0.15, -0.1) is 0 Å². The van der Waals surface area contributed by atoms with Crippen molar-refractivity contribution < 1.29 is 25.3 Å². The molecule has 3 heterocycles. The van der Waals surface area contributed by atoms with Crippen molar-refractivity contribution in [1.82, 2.24) is 19.5 Å². The Bertz CT molecular complexity index is 1020. The van der Waals surface area contributed by atoms with Crippen LogP contribution in [0.5, 0.6) is 0 Å². The first-order valence-corrected chi connectivity index (χ1v) is 8.42. The molecule has 5 atom stereocenters. The van der Waals surface area contributed by atoms with Crippen molar-refractivity contribution in [1.29, 1.82) is 0 Å². The van der Waals surface area contributed by atoms with Crippen LogP contribution in [0.2, 0.25) is 5.02 Å². The molecule has 1 saturated heterocycles. The number of ether oxygens (including phenoxy) is 1. The summed E-state index contributed by atoms with van der Waals surface area (Å²) < 4.78 is 7.20. The summed E-state index contributed by atoms with van der Waals surface area (Å²) >= 11 is 5.85. The highest BCUT2D eigenvalue weighted by molar-refractivity contribution is 6.30. The lowest BCUT2D eigenvalue weighted by atomic mass is 9.99. The Morgan fingerprint density at radius 2 is 1.93 bits per heavy atom. The summed E-state index contributed by atoms with van der Waals surface area (Å²) in [5.41, 5.74) is 1.11. The number of aliphatic hydroxyl groups excluding tert-OH is 3. The highest BCUT2D eigenvalue weighted by Gasteiger charge is 2.47. The molecule has 3 aromatic rings. The average molecular weight is 394 g/mol. The third-order valence-corrected chi connectivity index (χ3v) is 4.81. The SMILES string of the molecule is ON=c1nc[nH]c2c1ncn2[C@@H]1O[C@H](C(O)c2ccc(Cl)cc2)[C@@H](O)[C@H]1O. The van der Waals surface area contributed by atoms with Gasteiger partial charge in [-0.05, 0) is 17.7 Å². The van der Waals surface area contributed by atoms with E-state index in [2.05, 4.69) is 20.1 Å². The number of fused-ring (bicyclic) bond motifs is 1. The maximum atomic E-state index is 10.6. The van der Waals surface area contributed by atoms with Gasteiger partial charge in [-0.2, -0.15) is 0 Å². The molecule has 11 heteroatoms. The molecule has 0 aliphatic carbocycles. The quantitative estimate of drug-likeness (QED) is 0.312. The molecule has 0 radical (unpaired) electrons. The standard InChI is InChI=1S/C16H16ClN5O5/c17-8-3-1-7(2-4-8)10(23)13-11(24)12(25)16(27-13)22-6-20-9-14(21-26)18-5-19-15(9)22/h1-6,10-13,16,23-26H,(H,18,19,21)/t10?,11-,12+,13+,16+/m0/s1. The van der Waals surface area contributed by atoms with E-state index in [1.54, 1.807) is 24.3 Å². The van der Waals surface area contributed by atoms with Crippen molar-refractivity contribution >= 4 is 22.8 Å². The number of imidazole rings is 1. The summed E-state index contributed by atoms with van der Waals surface area (Å²) in [4.78, 5) is 10.8. The first kappa shape index (κ1) is 17.9. The Labute approximate surface area is 157 Å². The van der Waals surface area contributed by atoms with Gasteiger partial charge in [-0.1, -0.05) is 28.9 Å². The minimum Gasteiger partial charge on any atom is -0.409 e. The zero-order valence-electron chi connectivity index (χ0n) is 13.7. The van der Waals surface area contributed by atoms with E-state index in [0.29, 0.717) is 16.2 Å². The number of benzene rings is 1. The van der Waals surface area contributed by atoms with E-state index in [1.807, 2.05) is 0 Å². The number of halogens is 1. The van der Waals surface area contributed by atoms with E-state index in [1.165, 1.54) is 17.2 Å². The molecule has 1 aliphatic rings. The van der Waals surface area contributed by atoms with Crippen molar-refractivity contribution in [3.63, 3.8) is 0 Å². The Kier molecular flexibility index (Phi) is 4.58. The van der Waals surface area contributed by atoms with E-state index in [4.69, 9.17) is 21.5 Å². The van der Waals surface area contributed by atoms with Crippen LogP contribution < -0.4 is 5.49 Å². The van der Waals surface area contributed by atoms with Crippen LogP contribution in [0.25, 0.3) is 11.2 Å². The van der Waals surface area contributed by atoms with Gasteiger partial charge in [0.1, 0.15) is 30.1 Å². The molecule has 1 fully saturated rings. The molecular formula is C16H16ClN5O5. The van der Waals surface area contributed by atoms with Crippen molar-refractivity contribution in [2.75, 3.05) is 0 Å². The monoisotopic (exact) mass is 393 g/mol. The summed E-state index contributed by atoms with van der Waals surface area (Å²) in [7, 11) is 0. The van der Waals surface area contributed by atoms with Crippen LogP contribution >= 0.6 is 11.6 Å². The van der Waals surface area contributed by atoms with Crippen molar-refractivity contribution in [3.8, 4) is 0 Å². The molecule has 0 bridgehead atoms. The number of aromatic amines is 1. The lowest BCUT2D eigenvalue weighted by molar-refractivity contribution is -0.0849. The number of hydrogen-bond acceptors (Lipinski definition) is 8. The maximum Gasteiger partial charge on any atom is 0.222 e. The van der Waals surface area contributed by atoms with Gasteiger partial charge in [0.05, 0.1) is 12.7 Å². The molecule has 4 rings (SSSR count). The van der Waals surface area contributed by atoms with E-state index < -0.39 is 30.6 Å². The Balaban J connectivity index is 1.67. The Morgan fingerprint density at radius 1 is 1.19 bits per heavy atom. The third-order valence-electron chi connectivity index (χ3n) is 4.56. The third kappa shape index (κ3) is 2.97. The molecule has 5 N–H and O–H groups in total. The maximum absolute atomic E-state index is 10.6. The predicted octanol–water partition coefficient (Wildman–Crippen LogP) is 0.0555. The van der Waals surface area contributed by atoms with E-state index in [-0.39, 0.29) is 11.0 Å². The van der Waals surface area contributed by atoms with E-state index in [9.17, 15) is 15.3 Å². The fourth-order valence-corrected chi connectivity index (χ4v) is 3.30. The minimum absolute atomic E-state index is 0.00622. The van der Waals surface area contributed by atoms with Crippen LogP contribution in [-0.2, 0) is 4.74 Å². The fourth-order valence-electron chi connectivity index (χ4n) is 3.18. The number of aromatic nitrogens is 4. The number of hydrogen-bond donors (Lipinski definition) is 5. The van der Waals surface area contributed by atoms with Crippen LogP contribution in [0.1, 0.15) is 17.9 Å². The molecule has 27 heavy (non-hydrogen) atoms. The van der Waals surface area contributed by atoms with Gasteiger partial charge in [0.15, 0.2) is 11.7 Å². The van der Waals surface area contributed by atoms with Crippen molar-refractivity contribution in [2.24, 2.45) is 5.16 Å². The molecule has 2 aromatic heterocycles. The molecule has 1 unspecified atom stereocenters. The summed E-state index contributed by atoms with van der Waals surface area (Å²) in [6.45, 7) is 0. The van der Waals surface area contributed by atoms with Gasteiger partial charge in [0.25, 0.3) is 0 Å². The average Bonchev–Trinajstić information content (AvgIpc) is 3.23. The zero-order valence-corrected chi connectivity index (χ0v) is 14.5. The predicted molar refractivity (Wildman–Crippen MR) is 91.6 cm³/mol. The minimum atomic E-state index is -1.35. The molecular weight excluding hydrogens is 378 g/mol. The number of rotatable bonds is 3. The van der Waals surface area contributed by atoms with E-state index >= 15 is 0 Å². The summed E-state index contributed by atoms with van der Waals surface area (Å²) in [6, 6.07) is 6.45. The summed E-state index contributed by atoms with van der Waals surface area (Å²) in [5.74, 6) is 0. The molecule has 0 amide bonds. The largest absolute Gasteiger partial charge is 0.409 e. The molecule has 0 saturated carbocycles. The first-order valence-electron chi connectivity index (χ1n) is 8.04.